The molecule has 0 radical (unpaired) electrons. The summed E-state index contributed by atoms with van der Waals surface area (Å²) in [7, 11) is -2.97. The zero-order valence-electron chi connectivity index (χ0n) is 17.7. The van der Waals surface area contributed by atoms with Gasteiger partial charge in [-0.15, -0.1) is 0 Å². The SMILES string of the molecule is O=S1(=O)CCC(O)(CN2CCN(c3ccc4ncnc(OC5CCC5)c4c3)CC2)CC1. The number of nitrogens with zero attached hydrogens (tertiary/aromatic N) is 4. The monoisotopic (exact) mass is 446 g/mol. The van der Waals surface area contributed by atoms with E-state index in [4.69, 9.17) is 4.74 Å². The van der Waals surface area contributed by atoms with Crippen LogP contribution >= 0.6 is 0 Å². The van der Waals surface area contributed by atoms with E-state index in [0.29, 0.717) is 25.3 Å². The van der Waals surface area contributed by atoms with Gasteiger partial charge in [-0.05, 0) is 50.3 Å². The van der Waals surface area contributed by atoms with Gasteiger partial charge in [0.05, 0.1) is 28.0 Å². The van der Waals surface area contributed by atoms with Crippen molar-refractivity contribution in [3.63, 3.8) is 0 Å². The molecule has 1 N–H and O–H groups in total. The van der Waals surface area contributed by atoms with E-state index in [1.165, 1.54) is 6.42 Å². The number of piperazine rings is 1. The first-order valence-corrected chi connectivity index (χ1v) is 13.0. The number of aliphatic hydroxyl groups is 1. The minimum Gasteiger partial charge on any atom is -0.474 e. The highest BCUT2D eigenvalue weighted by Crippen LogP contribution is 2.31. The van der Waals surface area contributed by atoms with Crippen LogP contribution in [0.1, 0.15) is 32.1 Å². The first kappa shape index (κ1) is 20.9. The van der Waals surface area contributed by atoms with Crippen molar-refractivity contribution >= 4 is 26.4 Å². The maximum atomic E-state index is 11.7. The van der Waals surface area contributed by atoms with Crippen LogP contribution in [-0.4, -0.2) is 84.3 Å². The Labute approximate surface area is 183 Å². The molecule has 3 fully saturated rings. The molecular weight excluding hydrogens is 416 g/mol. The number of hydrogen-bond donors (Lipinski definition) is 1. The van der Waals surface area contributed by atoms with E-state index in [-0.39, 0.29) is 17.6 Å². The van der Waals surface area contributed by atoms with Gasteiger partial charge in [0.1, 0.15) is 12.4 Å². The number of sulfone groups is 1. The molecule has 2 aromatic rings. The normalized spacial score (nSPS) is 24.1. The second-order valence-corrected chi connectivity index (χ2v) is 11.5. The number of fused-ring (bicyclic) bond motifs is 1. The van der Waals surface area contributed by atoms with Crippen molar-refractivity contribution in [2.24, 2.45) is 0 Å². The van der Waals surface area contributed by atoms with Crippen molar-refractivity contribution in [3.8, 4) is 5.88 Å². The molecule has 8 nitrogen and oxygen atoms in total. The molecule has 1 saturated carbocycles. The van der Waals surface area contributed by atoms with Crippen LogP contribution in [0, 0.1) is 0 Å². The standard InChI is InChI=1S/C22H30N4O4S/c27-22(6-12-31(28,29)13-7-22)15-25-8-10-26(11-9-25)17-4-5-20-19(14-17)21(24-16-23-20)30-18-2-1-3-18/h4-5,14,16,18,27H,1-3,6-13,15H2. The van der Waals surface area contributed by atoms with Gasteiger partial charge < -0.3 is 14.7 Å². The largest absolute Gasteiger partial charge is 0.474 e. The summed E-state index contributed by atoms with van der Waals surface area (Å²) < 4.78 is 29.4. The Morgan fingerprint density at radius 3 is 2.52 bits per heavy atom. The smallest absolute Gasteiger partial charge is 0.224 e. The molecule has 1 aromatic heterocycles. The molecule has 31 heavy (non-hydrogen) atoms. The highest BCUT2D eigenvalue weighted by atomic mass is 32.2. The van der Waals surface area contributed by atoms with Crippen LogP contribution in [0.3, 0.4) is 0 Å². The Hall–Kier alpha value is -1.97. The van der Waals surface area contributed by atoms with E-state index < -0.39 is 15.4 Å². The van der Waals surface area contributed by atoms with E-state index in [1.54, 1.807) is 6.33 Å². The lowest BCUT2D eigenvalue weighted by atomic mass is 9.96. The molecule has 0 atom stereocenters. The van der Waals surface area contributed by atoms with Crippen molar-refractivity contribution in [2.45, 2.75) is 43.8 Å². The molecule has 168 valence electrons. The first-order valence-electron chi connectivity index (χ1n) is 11.2. The number of hydrogen-bond acceptors (Lipinski definition) is 8. The Balaban J connectivity index is 1.23. The van der Waals surface area contributed by atoms with E-state index >= 15 is 0 Å². The first-order chi connectivity index (χ1) is 14.9. The summed E-state index contributed by atoms with van der Waals surface area (Å²) in [6, 6.07) is 6.24. The van der Waals surface area contributed by atoms with Gasteiger partial charge in [0.25, 0.3) is 0 Å². The highest BCUT2D eigenvalue weighted by molar-refractivity contribution is 7.91. The molecule has 0 spiro atoms. The second kappa shape index (κ2) is 8.18. The Morgan fingerprint density at radius 2 is 1.84 bits per heavy atom. The van der Waals surface area contributed by atoms with Gasteiger partial charge in [-0.1, -0.05) is 0 Å². The van der Waals surface area contributed by atoms with Crippen LogP contribution in [0.15, 0.2) is 24.5 Å². The minimum atomic E-state index is -2.97. The van der Waals surface area contributed by atoms with E-state index in [0.717, 1.165) is 55.6 Å². The van der Waals surface area contributed by atoms with Crippen LogP contribution in [0.5, 0.6) is 5.88 Å². The fourth-order valence-electron chi connectivity index (χ4n) is 4.61. The van der Waals surface area contributed by atoms with Gasteiger partial charge >= 0.3 is 0 Å². The Morgan fingerprint density at radius 1 is 1.10 bits per heavy atom. The van der Waals surface area contributed by atoms with Crippen LogP contribution in [0.4, 0.5) is 5.69 Å². The molecule has 0 bridgehead atoms. The number of benzene rings is 1. The van der Waals surface area contributed by atoms with Crippen LogP contribution < -0.4 is 9.64 Å². The predicted molar refractivity (Wildman–Crippen MR) is 119 cm³/mol. The average Bonchev–Trinajstić information content (AvgIpc) is 2.74. The number of ether oxygens (including phenoxy) is 1. The number of anilines is 1. The highest BCUT2D eigenvalue weighted by Gasteiger charge is 2.37. The van der Waals surface area contributed by atoms with Gasteiger partial charge in [0, 0.05) is 38.4 Å². The number of β-amino-alcohol motifs (C(OH)–C–C–N with tert-alkyl or cyclic N) is 1. The fraction of sp³-hybridized carbons (Fsp3) is 0.636. The number of rotatable bonds is 5. The van der Waals surface area contributed by atoms with E-state index in [2.05, 4.69) is 31.9 Å². The third kappa shape index (κ3) is 4.63. The van der Waals surface area contributed by atoms with Crippen molar-refractivity contribution in [1.82, 2.24) is 14.9 Å². The molecule has 1 aliphatic carbocycles. The molecule has 0 unspecified atom stereocenters. The molecule has 3 aliphatic rings. The summed E-state index contributed by atoms with van der Waals surface area (Å²) in [5, 5.41) is 11.8. The average molecular weight is 447 g/mol. The molecule has 9 heteroatoms. The summed E-state index contributed by atoms with van der Waals surface area (Å²) in [6.45, 7) is 3.92. The molecule has 5 rings (SSSR count). The quantitative estimate of drug-likeness (QED) is 0.740. The Bertz CT molecular complexity index is 1030. The maximum Gasteiger partial charge on any atom is 0.224 e. The Kier molecular flexibility index (Phi) is 5.52. The van der Waals surface area contributed by atoms with Gasteiger partial charge in [-0.25, -0.2) is 18.4 Å². The van der Waals surface area contributed by atoms with E-state index in [1.807, 2.05) is 6.07 Å². The summed E-state index contributed by atoms with van der Waals surface area (Å²) in [5.74, 6) is 0.853. The molecule has 2 saturated heterocycles. The van der Waals surface area contributed by atoms with Crippen LogP contribution in [0.25, 0.3) is 10.9 Å². The third-order valence-electron chi connectivity index (χ3n) is 6.93. The fourth-order valence-corrected chi connectivity index (χ4v) is 6.20. The minimum absolute atomic E-state index is 0.0912. The maximum absolute atomic E-state index is 11.7. The van der Waals surface area contributed by atoms with Crippen LogP contribution in [0.2, 0.25) is 0 Å². The van der Waals surface area contributed by atoms with E-state index in [9.17, 15) is 13.5 Å². The zero-order valence-corrected chi connectivity index (χ0v) is 18.6. The van der Waals surface area contributed by atoms with Gasteiger partial charge in [0.15, 0.2) is 9.84 Å². The van der Waals surface area contributed by atoms with Crippen molar-refractivity contribution < 1.29 is 18.3 Å². The topological polar surface area (TPSA) is 95.9 Å². The molecular formula is C22H30N4O4S. The van der Waals surface area contributed by atoms with Crippen molar-refractivity contribution in [1.29, 1.82) is 0 Å². The molecule has 3 heterocycles. The zero-order chi connectivity index (χ0) is 21.5. The van der Waals surface area contributed by atoms with Gasteiger partial charge in [0.2, 0.25) is 5.88 Å². The lowest BCUT2D eigenvalue weighted by molar-refractivity contribution is -0.00606. The summed E-state index contributed by atoms with van der Waals surface area (Å²) in [6.07, 6.45) is 5.90. The summed E-state index contributed by atoms with van der Waals surface area (Å²) in [4.78, 5) is 13.4. The summed E-state index contributed by atoms with van der Waals surface area (Å²) >= 11 is 0. The third-order valence-corrected chi connectivity index (χ3v) is 8.58. The van der Waals surface area contributed by atoms with Crippen molar-refractivity contribution in [3.05, 3.63) is 24.5 Å². The predicted octanol–water partition coefficient (Wildman–Crippen LogP) is 1.62. The molecule has 1 aromatic carbocycles. The summed E-state index contributed by atoms with van der Waals surface area (Å²) in [5.41, 5.74) is 1.13. The van der Waals surface area contributed by atoms with Gasteiger partial charge in [-0.2, -0.15) is 0 Å². The van der Waals surface area contributed by atoms with Crippen molar-refractivity contribution in [2.75, 3.05) is 49.1 Å². The lowest BCUT2D eigenvalue weighted by Crippen LogP contribution is -2.54. The van der Waals surface area contributed by atoms with Crippen LogP contribution in [-0.2, 0) is 9.84 Å². The van der Waals surface area contributed by atoms with Gasteiger partial charge in [-0.3, -0.25) is 4.90 Å². The molecule has 2 aliphatic heterocycles. The second-order valence-electron chi connectivity index (χ2n) is 9.19. The molecule has 0 amide bonds. The lowest BCUT2D eigenvalue weighted by Gasteiger charge is -2.41. The number of aromatic nitrogens is 2.